The van der Waals surface area contributed by atoms with Crippen molar-refractivity contribution < 1.29 is 13.9 Å². The number of ether oxygens (including phenoxy) is 1. The summed E-state index contributed by atoms with van der Waals surface area (Å²) in [5, 5.41) is 14.2. The molecule has 0 saturated heterocycles. The fraction of sp³-hybridized carbons (Fsp3) is 0.357. The minimum atomic E-state index is -0.632. The molecule has 3 heterocycles. The number of fused-ring (bicyclic) bond motifs is 1. The van der Waals surface area contributed by atoms with Crippen LogP contribution >= 0.6 is 0 Å². The molecule has 210 valence electrons. The van der Waals surface area contributed by atoms with Crippen LogP contribution in [-0.4, -0.2) is 69.7 Å². The summed E-state index contributed by atoms with van der Waals surface area (Å²) in [6, 6.07) is 11.3. The van der Waals surface area contributed by atoms with Gasteiger partial charge in [0.25, 0.3) is 5.91 Å². The first kappa shape index (κ1) is 27.3. The number of nitrogens with two attached hydrogens (primary N) is 1. The van der Waals surface area contributed by atoms with Gasteiger partial charge in [-0.1, -0.05) is 0 Å². The third-order valence-corrected chi connectivity index (χ3v) is 6.79. The lowest BCUT2D eigenvalue weighted by Crippen LogP contribution is -2.33. The monoisotopic (exact) mass is 547 g/mol. The van der Waals surface area contributed by atoms with Gasteiger partial charge in [0.05, 0.1) is 23.8 Å². The fourth-order valence-corrected chi connectivity index (χ4v) is 4.56. The zero-order valence-electron chi connectivity index (χ0n) is 22.6. The second-order valence-electron chi connectivity index (χ2n) is 10.2. The number of likely N-dealkylation sites (N-methyl/N-ethyl adjacent to an activating group) is 1. The number of carbonyl (C=O) groups is 1. The molecule has 3 aromatic heterocycles. The Hall–Kier alpha value is -4.29. The van der Waals surface area contributed by atoms with Gasteiger partial charge in [-0.3, -0.25) is 9.78 Å². The largest absolute Gasteiger partial charge is 0.492 e. The number of halogens is 1. The van der Waals surface area contributed by atoms with Gasteiger partial charge in [-0.2, -0.15) is 0 Å². The van der Waals surface area contributed by atoms with E-state index in [0.717, 1.165) is 49.9 Å². The highest BCUT2D eigenvalue weighted by Crippen LogP contribution is 2.28. The summed E-state index contributed by atoms with van der Waals surface area (Å²) in [5.74, 6) is 0.178. The van der Waals surface area contributed by atoms with E-state index in [4.69, 9.17) is 10.5 Å². The van der Waals surface area contributed by atoms with Gasteiger partial charge < -0.3 is 31.3 Å². The van der Waals surface area contributed by atoms with Gasteiger partial charge in [0.1, 0.15) is 18.2 Å². The molecule has 1 saturated carbocycles. The Kier molecular flexibility index (Phi) is 8.37. The van der Waals surface area contributed by atoms with Crippen molar-refractivity contribution in [3.63, 3.8) is 0 Å². The average molecular weight is 548 g/mol. The normalized spacial score (nSPS) is 17.1. The summed E-state index contributed by atoms with van der Waals surface area (Å²) in [4.78, 5) is 23.4. The van der Waals surface area contributed by atoms with Crippen LogP contribution in [0, 0.1) is 5.82 Å². The van der Waals surface area contributed by atoms with E-state index in [0.29, 0.717) is 23.8 Å². The molecule has 5 N–H and O–H groups in total. The highest BCUT2D eigenvalue weighted by Gasteiger charge is 2.22. The number of hydrogen-bond donors (Lipinski definition) is 4. The van der Waals surface area contributed by atoms with Crippen LogP contribution in [0.3, 0.4) is 0 Å². The van der Waals surface area contributed by atoms with Gasteiger partial charge in [-0.25, -0.2) is 13.9 Å². The molecule has 1 aliphatic carbocycles. The summed E-state index contributed by atoms with van der Waals surface area (Å²) in [5.41, 5.74) is 8.18. The molecule has 1 fully saturated rings. The first-order valence-electron chi connectivity index (χ1n) is 13.3. The van der Waals surface area contributed by atoms with E-state index in [-0.39, 0.29) is 23.5 Å². The number of nitrogens with one attached hydrogen (secondary N) is 3. The van der Waals surface area contributed by atoms with E-state index in [1.807, 2.05) is 44.4 Å². The smallest absolute Gasteiger partial charge is 0.276 e. The number of anilines is 4. The molecule has 12 heteroatoms. The molecule has 40 heavy (non-hydrogen) atoms. The standard InChI is InChI=1S/C28H34FN9O2/c1-37(2)13-14-40-21-9-7-19(8-10-21)33-24-15-26(34-20-5-3-18(30)4-6-20)36-38-25(17-32-27(24)38)28(39)35-23-11-12-31-16-22(23)29/h7-12,15-18,20,33H,3-6,13-14,30H2,1-2H3,(H,34,36)(H,31,35,39). The summed E-state index contributed by atoms with van der Waals surface area (Å²) in [6.45, 7) is 1.41. The molecular weight excluding hydrogens is 513 g/mol. The Morgan fingerprint density at radius 3 is 2.62 bits per heavy atom. The van der Waals surface area contributed by atoms with Crippen LogP contribution in [0.15, 0.2) is 55.0 Å². The summed E-state index contributed by atoms with van der Waals surface area (Å²) in [7, 11) is 4.00. The Bertz CT molecular complexity index is 1450. The summed E-state index contributed by atoms with van der Waals surface area (Å²) >= 11 is 0. The van der Waals surface area contributed by atoms with Gasteiger partial charge in [-0.05, 0) is 70.1 Å². The van der Waals surface area contributed by atoms with E-state index < -0.39 is 11.7 Å². The Labute approximate surface area is 231 Å². The van der Waals surface area contributed by atoms with E-state index in [9.17, 15) is 9.18 Å². The van der Waals surface area contributed by atoms with Crippen LogP contribution in [0.2, 0.25) is 0 Å². The first-order chi connectivity index (χ1) is 19.4. The number of nitrogens with zero attached hydrogens (tertiary/aromatic N) is 5. The molecule has 0 radical (unpaired) electrons. The highest BCUT2D eigenvalue weighted by molar-refractivity contribution is 6.03. The van der Waals surface area contributed by atoms with Crippen LogP contribution in [-0.2, 0) is 0 Å². The van der Waals surface area contributed by atoms with Crippen LogP contribution in [0.4, 0.5) is 27.3 Å². The maximum atomic E-state index is 14.1. The number of rotatable bonds is 10. The van der Waals surface area contributed by atoms with Crippen molar-refractivity contribution in [3.8, 4) is 5.75 Å². The SMILES string of the molecule is CN(C)CCOc1ccc(Nc2cc(NC3CCC(N)CC3)nn3c(C(=O)Nc4ccncc4F)cnc23)cc1. The number of hydrogen-bond acceptors (Lipinski definition) is 9. The van der Waals surface area contributed by atoms with Crippen molar-refractivity contribution in [2.24, 2.45) is 5.73 Å². The van der Waals surface area contributed by atoms with Crippen LogP contribution in [0.5, 0.6) is 5.75 Å². The minimum Gasteiger partial charge on any atom is -0.492 e. The maximum Gasteiger partial charge on any atom is 0.276 e. The van der Waals surface area contributed by atoms with Gasteiger partial charge in [0.15, 0.2) is 17.2 Å². The molecule has 0 aliphatic heterocycles. The molecule has 0 atom stereocenters. The van der Waals surface area contributed by atoms with Crippen molar-refractivity contribution >= 4 is 34.4 Å². The van der Waals surface area contributed by atoms with E-state index in [1.54, 1.807) is 0 Å². The van der Waals surface area contributed by atoms with Crippen molar-refractivity contribution in [1.29, 1.82) is 0 Å². The highest BCUT2D eigenvalue weighted by atomic mass is 19.1. The predicted octanol–water partition coefficient (Wildman–Crippen LogP) is 3.88. The van der Waals surface area contributed by atoms with E-state index >= 15 is 0 Å². The Morgan fingerprint density at radius 1 is 1.12 bits per heavy atom. The zero-order chi connectivity index (χ0) is 28.1. The number of benzene rings is 1. The van der Waals surface area contributed by atoms with Crippen LogP contribution < -0.4 is 26.4 Å². The van der Waals surface area contributed by atoms with Gasteiger partial charge in [-0.15, -0.1) is 5.10 Å². The number of amides is 1. The number of pyridine rings is 1. The predicted molar refractivity (Wildman–Crippen MR) is 153 cm³/mol. The molecule has 1 aliphatic rings. The lowest BCUT2D eigenvalue weighted by molar-refractivity contribution is 0.102. The van der Waals surface area contributed by atoms with Crippen LogP contribution in [0.1, 0.15) is 36.2 Å². The Morgan fingerprint density at radius 2 is 1.90 bits per heavy atom. The minimum absolute atomic E-state index is 0.0222. The molecule has 0 bridgehead atoms. The van der Waals surface area contributed by atoms with Gasteiger partial charge in [0.2, 0.25) is 0 Å². The molecule has 0 unspecified atom stereocenters. The molecule has 4 aromatic rings. The average Bonchev–Trinajstić information content (AvgIpc) is 3.37. The first-order valence-corrected chi connectivity index (χ1v) is 13.3. The number of carbonyl (C=O) groups excluding carboxylic acids is 1. The molecule has 0 spiro atoms. The second-order valence-corrected chi connectivity index (χ2v) is 10.2. The maximum absolute atomic E-state index is 14.1. The molecule has 5 rings (SSSR count). The molecule has 11 nitrogen and oxygen atoms in total. The summed E-state index contributed by atoms with van der Waals surface area (Å²) < 4.78 is 21.4. The third kappa shape index (κ3) is 6.64. The van der Waals surface area contributed by atoms with Crippen molar-refractivity contribution in [2.45, 2.75) is 37.8 Å². The van der Waals surface area contributed by atoms with Gasteiger partial charge >= 0.3 is 0 Å². The number of aromatic nitrogens is 4. The zero-order valence-corrected chi connectivity index (χ0v) is 22.6. The van der Waals surface area contributed by atoms with Crippen LogP contribution in [0.25, 0.3) is 5.65 Å². The van der Waals surface area contributed by atoms with E-state index in [2.05, 4.69) is 35.9 Å². The second kappa shape index (κ2) is 12.3. The quantitative estimate of drug-likeness (QED) is 0.233. The van der Waals surface area contributed by atoms with Crippen molar-refractivity contribution in [2.75, 3.05) is 43.2 Å². The molecule has 1 aromatic carbocycles. The van der Waals surface area contributed by atoms with Crippen molar-refractivity contribution in [1.82, 2.24) is 24.5 Å². The van der Waals surface area contributed by atoms with E-state index in [1.165, 1.54) is 23.0 Å². The fourth-order valence-electron chi connectivity index (χ4n) is 4.56. The topological polar surface area (TPSA) is 135 Å². The Balaban J connectivity index is 1.42. The lowest BCUT2D eigenvalue weighted by atomic mass is 9.92. The molecule has 1 amide bonds. The van der Waals surface area contributed by atoms with Gasteiger partial charge in [0, 0.05) is 36.6 Å². The lowest BCUT2D eigenvalue weighted by Gasteiger charge is -2.27. The molecular formula is C28H34FN9O2. The third-order valence-electron chi connectivity index (χ3n) is 6.79. The number of imidazole rings is 1. The summed E-state index contributed by atoms with van der Waals surface area (Å²) in [6.07, 6.45) is 7.60. The van der Waals surface area contributed by atoms with Crippen molar-refractivity contribution in [3.05, 3.63) is 66.5 Å².